The average Bonchev–Trinajstić information content (AvgIpc) is 3.38. The molecule has 2 aromatic heterocycles. The number of carbonyl (C=O) groups is 3. The van der Waals surface area contributed by atoms with E-state index < -0.39 is 5.97 Å². The molecule has 1 saturated carbocycles. The van der Waals surface area contributed by atoms with Gasteiger partial charge in [-0.05, 0) is 69.0 Å². The third-order valence-electron chi connectivity index (χ3n) is 6.06. The molecule has 184 valence electrons. The molecule has 0 aliphatic heterocycles. The number of ether oxygens (including phenoxy) is 1. The van der Waals surface area contributed by atoms with Crippen molar-refractivity contribution in [2.45, 2.75) is 52.7 Å². The molecule has 0 atom stereocenters. The van der Waals surface area contributed by atoms with E-state index in [1.54, 1.807) is 27.0 Å². The number of Topliss-reactive ketones (excluding diaryl/α,β-unsaturated/α-hetero) is 1. The van der Waals surface area contributed by atoms with Crippen LogP contribution < -0.4 is 5.32 Å². The first-order valence-electron chi connectivity index (χ1n) is 11.9. The number of aromatic nitrogens is 1. The van der Waals surface area contributed by atoms with Gasteiger partial charge in [0.2, 0.25) is 0 Å². The highest BCUT2D eigenvalue weighted by Crippen LogP contribution is 2.22. The van der Waals surface area contributed by atoms with Crippen LogP contribution in [0, 0.1) is 13.8 Å². The summed E-state index contributed by atoms with van der Waals surface area (Å²) in [6.45, 7) is 6.58. The predicted molar refractivity (Wildman–Crippen MR) is 130 cm³/mol. The van der Waals surface area contributed by atoms with Crippen LogP contribution in [0.4, 0.5) is 0 Å². The van der Waals surface area contributed by atoms with E-state index in [4.69, 9.17) is 9.15 Å². The van der Waals surface area contributed by atoms with Crippen LogP contribution in [-0.2, 0) is 17.8 Å². The smallest absolute Gasteiger partial charge is 0.340 e. The number of rotatable bonds is 11. The summed E-state index contributed by atoms with van der Waals surface area (Å²) >= 11 is 0. The van der Waals surface area contributed by atoms with Crippen molar-refractivity contribution in [3.63, 3.8) is 0 Å². The van der Waals surface area contributed by atoms with Crippen molar-refractivity contribution < 1.29 is 23.5 Å². The summed E-state index contributed by atoms with van der Waals surface area (Å²) in [6, 6.07) is 11.4. The Hall–Kier alpha value is -3.65. The number of H-pyrrole nitrogens is 1. The molecule has 1 aliphatic carbocycles. The molecule has 1 aromatic carbocycles. The third-order valence-corrected chi connectivity index (χ3v) is 6.06. The van der Waals surface area contributed by atoms with Crippen molar-refractivity contribution in [2.24, 2.45) is 0 Å². The molecule has 1 amide bonds. The normalized spacial score (nSPS) is 13.1. The Bertz CT molecular complexity index is 1190. The van der Waals surface area contributed by atoms with Gasteiger partial charge in [0.15, 0.2) is 5.78 Å². The zero-order chi connectivity index (χ0) is 24.9. The van der Waals surface area contributed by atoms with E-state index in [1.807, 2.05) is 41.3 Å². The van der Waals surface area contributed by atoms with Crippen molar-refractivity contribution in [1.29, 1.82) is 0 Å². The minimum Gasteiger partial charge on any atom is -0.468 e. The number of aromatic amines is 1. The highest BCUT2D eigenvalue weighted by molar-refractivity contribution is 6.02. The fourth-order valence-corrected chi connectivity index (χ4v) is 4.13. The minimum absolute atomic E-state index is 0.0586. The van der Waals surface area contributed by atoms with Gasteiger partial charge in [0, 0.05) is 23.8 Å². The summed E-state index contributed by atoms with van der Waals surface area (Å²) in [7, 11) is 0. The van der Waals surface area contributed by atoms with Crippen molar-refractivity contribution >= 4 is 17.7 Å². The Balaban J connectivity index is 1.49. The number of nitrogens with one attached hydrogen (secondary N) is 2. The average molecular weight is 478 g/mol. The molecule has 0 spiro atoms. The maximum Gasteiger partial charge on any atom is 0.340 e. The molecule has 8 nitrogen and oxygen atoms in total. The van der Waals surface area contributed by atoms with Crippen LogP contribution in [0.2, 0.25) is 0 Å². The second kappa shape index (κ2) is 10.7. The number of esters is 1. The maximum absolute atomic E-state index is 13.3. The molecule has 4 rings (SSSR count). The van der Waals surface area contributed by atoms with Crippen molar-refractivity contribution in [2.75, 3.05) is 13.2 Å². The Morgan fingerprint density at radius 1 is 1.11 bits per heavy atom. The molecule has 0 unspecified atom stereocenters. The fourth-order valence-electron chi connectivity index (χ4n) is 4.13. The third kappa shape index (κ3) is 6.08. The highest BCUT2D eigenvalue weighted by atomic mass is 16.5. The molecule has 8 heteroatoms. The van der Waals surface area contributed by atoms with Gasteiger partial charge in [-0.25, -0.2) is 4.79 Å². The first kappa shape index (κ1) is 24.5. The number of aryl methyl sites for hydroxylation is 1. The van der Waals surface area contributed by atoms with E-state index in [0.717, 1.165) is 24.2 Å². The molecule has 0 radical (unpaired) electrons. The first-order valence-corrected chi connectivity index (χ1v) is 11.9. The first-order chi connectivity index (χ1) is 16.9. The van der Waals surface area contributed by atoms with E-state index in [0.29, 0.717) is 47.2 Å². The SMILES string of the molecule is CCOC(=O)c1c(C)[nH]c(C(=O)CN(Cc2ccc(C(=O)NC3CC3)cc2)Cc2ccco2)c1C. The number of carbonyl (C=O) groups excluding carboxylic acids is 3. The molecular formula is C27H31N3O5. The zero-order valence-corrected chi connectivity index (χ0v) is 20.3. The van der Waals surface area contributed by atoms with E-state index in [1.165, 1.54) is 0 Å². The lowest BCUT2D eigenvalue weighted by molar-refractivity contribution is 0.0524. The summed E-state index contributed by atoms with van der Waals surface area (Å²) in [6.07, 6.45) is 3.69. The van der Waals surface area contributed by atoms with Crippen LogP contribution in [0.25, 0.3) is 0 Å². The number of furan rings is 1. The van der Waals surface area contributed by atoms with Gasteiger partial charge >= 0.3 is 5.97 Å². The van der Waals surface area contributed by atoms with Crippen molar-refractivity contribution in [3.8, 4) is 0 Å². The van der Waals surface area contributed by atoms with E-state index in [9.17, 15) is 14.4 Å². The molecule has 0 bridgehead atoms. The zero-order valence-electron chi connectivity index (χ0n) is 20.3. The van der Waals surface area contributed by atoms with Crippen LogP contribution in [0.1, 0.15) is 73.6 Å². The number of ketones is 1. The maximum atomic E-state index is 13.3. The lowest BCUT2D eigenvalue weighted by Crippen LogP contribution is -2.30. The Kier molecular flexibility index (Phi) is 7.51. The lowest BCUT2D eigenvalue weighted by atomic mass is 10.1. The second-order valence-corrected chi connectivity index (χ2v) is 8.94. The second-order valence-electron chi connectivity index (χ2n) is 8.94. The lowest BCUT2D eigenvalue weighted by Gasteiger charge is -2.21. The predicted octanol–water partition coefficient (Wildman–Crippen LogP) is 4.18. The van der Waals surface area contributed by atoms with Crippen LogP contribution in [0.5, 0.6) is 0 Å². The number of amides is 1. The van der Waals surface area contributed by atoms with Gasteiger partial charge in [-0.3, -0.25) is 14.5 Å². The quantitative estimate of drug-likeness (QED) is 0.317. The van der Waals surface area contributed by atoms with Gasteiger partial charge < -0.3 is 19.5 Å². The van der Waals surface area contributed by atoms with Crippen LogP contribution >= 0.6 is 0 Å². The number of hydrogen-bond donors (Lipinski definition) is 2. The Morgan fingerprint density at radius 3 is 2.49 bits per heavy atom. The molecule has 2 N–H and O–H groups in total. The molecule has 0 saturated heterocycles. The molecular weight excluding hydrogens is 446 g/mol. The van der Waals surface area contributed by atoms with E-state index in [-0.39, 0.29) is 24.8 Å². The van der Waals surface area contributed by atoms with Gasteiger partial charge in [-0.1, -0.05) is 12.1 Å². The fraction of sp³-hybridized carbons (Fsp3) is 0.370. The monoisotopic (exact) mass is 477 g/mol. The standard InChI is InChI=1S/C27H31N3O5/c1-4-34-27(33)24-17(2)25(28-18(24)3)23(31)16-30(15-22-6-5-13-35-22)14-19-7-9-20(10-8-19)26(32)29-21-11-12-21/h5-10,13,21,28H,4,11-12,14-16H2,1-3H3,(H,29,32). The topological polar surface area (TPSA) is 105 Å². The molecule has 3 aromatic rings. The van der Waals surface area contributed by atoms with Crippen molar-refractivity contribution in [3.05, 3.63) is 82.1 Å². The van der Waals surface area contributed by atoms with Crippen LogP contribution in [-0.4, -0.2) is 46.7 Å². The van der Waals surface area contributed by atoms with Gasteiger partial charge in [0.25, 0.3) is 5.91 Å². The molecule has 2 heterocycles. The van der Waals surface area contributed by atoms with Crippen LogP contribution in [0.15, 0.2) is 47.1 Å². The summed E-state index contributed by atoms with van der Waals surface area (Å²) in [4.78, 5) is 42.9. The van der Waals surface area contributed by atoms with Crippen molar-refractivity contribution in [1.82, 2.24) is 15.2 Å². The molecule has 1 aliphatic rings. The van der Waals surface area contributed by atoms with E-state index in [2.05, 4.69) is 10.3 Å². The van der Waals surface area contributed by atoms with Gasteiger partial charge in [0.05, 0.1) is 37.2 Å². The Labute approximate surface area is 204 Å². The Morgan fingerprint density at radius 2 is 1.86 bits per heavy atom. The van der Waals surface area contributed by atoms with E-state index >= 15 is 0 Å². The molecule has 35 heavy (non-hydrogen) atoms. The molecule has 1 fully saturated rings. The number of benzene rings is 1. The largest absolute Gasteiger partial charge is 0.468 e. The van der Waals surface area contributed by atoms with Crippen LogP contribution in [0.3, 0.4) is 0 Å². The van der Waals surface area contributed by atoms with Gasteiger partial charge in [-0.15, -0.1) is 0 Å². The summed E-state index contributed by atoms with van der Waals surface area (Å²) in [5.41, 5.74) is 3.61. The van der Waals surface area contributed by atoms with Gasteiger partial charge in [-0.2, -0.15) is 0 Å². The highest BCUT2D eigenvalue weighted by Gasteiger charge is 2.25. The summed E-state index contributed by atoms with van der Waals surface area (Å²) in [5, 5.41) is 2.99. The van der Waals surface area contributed by atoms with Gasteiger partial charge in [0.1, 0.15) is 5.76 Å². The number of hydrogen-bond acceptors (Lipinski definition) is 6. The minimum atomic E-state index is -0.434. The summed E-state index contributed by atoms with van der Waals surface area (Å²) < 4.78 is 10.7. The summed E-state index contributed by atoms with van der Waals surface area (Å²) in [5.74, 6) is 0.116. The number of nitrogens with zero attached hydrogens (tertiary/aromatic N) is 1.